The lowest BCUT2D eigenvalue weighted by Gasteiger charge is -2.06. The second-order valence-corrected chi connectivity index (χ2v) is 5.68. The van der Waals surface area contributed by atoms with E-state index in [-0.39, 0.29) is 11.9 Å². The van der Waals surface area contributed by atoms with Gasteiger partial charge in [-0.3, -0.25) is 4.79 Å². The van der Waals surface area contributed by atoms with Gasteiger partial charge < -0.3 is 19.5 Å². The molecule has 0 aliphatic heterocycles. The molecule has 0 saturated carbocycles. The summed E-state index contributed by atoms with van der Waals surface area (Å²) < 4.78 is 15.2. The molecule has 146 valence electrons. The summed E-state index contributed by atoms with van der Waals surface area (Å²) >= 11 is 0. The van der Waals surface area contributed by atoms with Crippen LogP contribution in [-0.2, 0) is 14.3 Å². The Kier molecular flexibility index (Phi) is 7.84. The number of hydrogen-bond acceptors (Lipinski definition) is 5. The molecule has 0 aliphatic carbocycles. The zero-order chi connectivity index (χ0) is 20.4. The normalized spacial score (nSPS) is 10.8. The summed E-state index contributed by atoms with van der Waals surface area (Å²) in [6, 6.07) is 12.5. The molecular formula is C22H23NO5. The van der Waals surface area contributed by atoms with Gasteiger partial charge in [0, 0.05) is 23.9 Å². The molecule has 2 aromatic rings. The number of anilines is 1. The van der Waals surface area contributed by atoms with Crippen molar-refractivity contribution < 1.29 is 23.8 Å². The Morgan fingerprint density at radius 2 is 1.50 bits per heavy atom. The smallest absolute Gasteiger partial charge is 0.330 e. The van der Waals surface area contributed by atoms with Crippen LogP contribution in [0.15, 0.2) is 54.6 Å². The van der Waals surface area contributed by atoms with Crippen LogP contribution in [0.4, 0.5) is 5.69 Å². The fourth-order valence-electron chi connectivity index (χ4n) is 2.31. The van der Waals surface area contributed by atoms with Crippen LogP contribution in [-0.4, -0.2) is 32.7 Å². The van der Waals surface area contributed by atoms with E-state index in [9.17, 15) is 9.59 Å². The van der Waals surface area contributed by atoms with Crippen LogP contribution in [0.5, 0.6) is 11.5 Å². The number of carbonyl (C=O) groups excluding carboxylic acids is 2. The summed E-state index contributed by atoms with van der Waals surface area (Å²) in [6.07, 6.45) is 6.13. The topological polar surface area (TPSA) is 73.9 Å². The Balaban J connectivity index is 1.97. The summed E-state index contributed by atoms with van der Waals surface area (Å²) in [6.45, 7) is 2.09. The third kappa shape index (κ3) is 6.64. The molecule has 1 N–H and O–H groups in total. The largest absolute Gasteiger partial charge is 0.497 e. The fraction of sp³-hybridized carbons (Fsp3) is 0.182. The first-order valence-electron chi connectivity index (χ1n) is 8.71. The number of nitrogens with one attached hydrogen (secondary N) is 1. The molecule has 6 heteroatoms. The van der Waals surface area contributed by atoms with E-state index in [0.29, 0.717) is 23.8 Å². The Morgan fingerprint density at radius 3 is 2.07 bits per heavy atom. The Morgan fingerprint density at radius 1 is 0.893 bits per heavy atom. The highest BCUT2D eigenvalue weighted by atomic mass is 16.5. The van der Waals surface area contributed by atoms with Crippen LogP contribution in [0.2, 0.25) is 0 Å². The van der Waals surface area contributed by atoms with Gasteiger partial charge >= 0.3 is 5.97 Å². The second-order valence-electron chi connectivity index (χ2n) is 5.68. The monoisotopic (exact) mass is 381 g/mol. The van der Waals surface area contributed by atoms with Gasteiger partial charge in [0.1, 0.15) is 11.5 Å². The van der Waals surface area contributed by atoms with Gasteiger partial charge in [0.25, 0.3) is 0 Å². The molecule has 0 radical (unpaired) electrons. The van der Waals surface area contributed by atoms with E-state index in [1.807, 2.05) is 0 Å². The van der Waals surface area contributed by atoms with Gasteiger partial charge in [0.15, 0.2) is 0 Å². The van der Waals surface area contributed by atoms with Crippen molar-refractivity contribution in [3.8, 4) is 11.5 Å². The lowest BCUT2D eigenvalue weighted by Crippen LogP contribution is -2.07. The molecule has 0 bridgehead atoms. The summed E-state index contributed by atoms with van der Waals surface area (Å²) in [5, 5.41) is 2.78. The number of benzene rings is 2. The molecule has 0 aliphatic rings. The van der Waals surface area contributed by atoms with Gasteiger partial charge in [-0.05, 0) is 54.5 Å². The first kappa shape index (κ1) is 20.8. The Hall–Kier alpha value is -3.54. The van der Waals surface area contributed by atoms with Gasteiger partial charge in [-0.15, -0.1) is 0 Å². The zero-order valence-corrected chi connectivity index (χ0v) is 16.1. The van der Waals surface area contributed by atoms with Crippen LogP contribution >= 0.6 is 0 Å². The number of amides is 1. The number of methoxy groups -OCH3 is 2. The van der Waals surface area contributed by atoms with Crippen molar-refractivity contribution in [2.45, 2.75) is 6.92 Å². The maximum absolute atomic E-state index is 12.1. The van der Waals surface area contributed by atoms with Crippen molar-refractivity contribution in [3.05, 3.63) is 65.7 Å². The SMILES string of the molecule is CCOC(=O)/C=C/c1ccc(NC(=O)/C=C/c2cc(OC)cc(OC)c2)cc1. The number of carbonyl (C=O) groups is 2. The summed E-state index contributed by atoms with van der Waals surface area (Å²) in [5.41, 5.74) is 2.25. The van der Waals surface area contributed by atoms with Gasteiger partial charge in [0.05, 0.1) is 20.8 Å². The van der Waals surface area contributed by atoms with Crippen molar-refractivity contribution in [2.75, 3.05) is 26.1 Å². The van der Waals surface area contributed by atoms with E-state index in [1.165, 1.54) is 12.2 Å². The Bertz CT molecular complexity index is 847. The van der Waals surface area contributed by atoms with Crippen LogP contribution in [0, 0.1) is 0 Å². The third-order valence-corrected chi connectivity index (χ3v) is 3.68. The highest BCUT2D eigenvalue weighted by molar-refractivity contribution is 6.02. The average molecular weight is 381 g/mol. The number of ether oxygens (including phenoxy) is 3. The lowest BCUT2D eigenvalue weighted by atomic mass is 10.1. The van der Waals surface area contributed by atoms with Crippen LogP contribution < -0.4 is 14.8 Å². The van der Waals surface area contributed by atoms with E-state index < -0.39 is 0 Å². The van der Waals surface area contributed by atoms with Crippen molar-refractivity contribution in [1.82, 2.24) is 0 Å². The predicted molar refractivity (Wildman–Crippen MR) is 109 cm³/mol. The molecule has 0 unspecified atom stereocenters. The minimum Gasteiger partial charge on any atom is -0.497 e. The maximum atomic E-state index is 12.1. The van der Waals surface area contributed by atoms with Crippen molar-refractivity contribution >= 4 is 29.7 Å². The van der Waals surface area contributed by atoms with Crippen LogP contribution in [0.3, 0.4) is 0 Å². The first-order chi connectivity index (χ1) is 13.5. The molecule has 0 aromatic heterocycles. The van der Waals surface area contributed by atoms with E-state index in [4.69, 9.17) is 14.2 Å². The van der Waals surface area contributed by atoms with E-state index in [2.05, 4.69) is 5.32 Å². The first-order valence-corrected chi connectivity index (χ1v) is 8.71. The van der Waals surface area contributed by atoms with Gasteiger partial charge in [-0.2, -0.15) is 0 Å². The maximum Gasteiger partial charge on any atom is 0.330 e. The molecule has 6 nitrogen and oxygen atoms in total. The van der Waals surface area contributed by atoms with Crippen molar-refractivity contribution in [1.29, 1.82) is 0 Å². The molecule has 0 saturated heterocycles. The van der Waals surface area contributed by atoms with Gasteiger partial charge in [-0.1, -0.05) is 12.1 Å². The Labute approximate surface area is 164 Å². The molecule has 2 rings (SSSR count). The molecule has 28 heavy (non-hydrogen) atoms. The lowest BCUT2D eigenvalue weighted by molar-refractivity contribution is -0.137. The molecule has 0 spiro atoms. The average Bonchev–Trinajstić information content (AvgIpc) is 2.71. The molecule has 0 fully saturated rings. The summed E-state index contributed by atoms with van der Waals surface area (Å²) in [7, 11) is 3.14. The highest BCUT2D eigenvalue weighted by Crippen LogP contribution is 2.23. The zero-order valence-electron chi connectivity index (χ0n) is 16.1. The quantitative estimate of drug-likeness (QED) is 0.554. The predicted octanol–water partition coefficient (Wildman–Crippen LogP) is 3.93. The molecule has 0 heterocycles. The van der Waals surface area contributed by atoms with Gasteiger partial charge in [0.2, 0.25) is 5.91 Å². The second kappa shape index (κ2) is 10.6. The van der Waals surface area contributed by atoms with Crippen LogP contribution in [0.1, 0.15) is 18.1 Å². The minimum atomic E-state index is -0.390. The molecule has 1 amide bonds. The minimum absolute atomic E-state index is 0.267. The van der Waals surface area contributed by atoms with Crippen molar-refractivity contribution in [3.63, 3.8) is 0 Å². The summed E-state index contributed by atoms with van der Waals surface area (Å²) in [4.78, 5) is 23.4. The standard InChI is InChI=1S/C22H23NO5/c1-4-28-22(25)12-8-16-5-9-18(10-6-16)23-21(24)11-7-17-13-19(26-2)15-20(14-17)27-3/h5-15H,4H2,1-3H3,(H,23,24)/b11-7+,12-8+. The number of esters is 1. The number of rotatable bonds is 8. The van der Waals surface area contributed by atoms with E-state index >= 15 is 0 Å². The molecule has 0 atom stereocenters. The summed E-state index contributed by atoms with van der Waals surface area (Å²) in [5.74, 6) is 0.632. The van der Waals surface area contributed by atoms with E-state index in [1.54, 1.807) is 75.8 Å². The van der Waals surface area contributed by atoms with E-state index in [0.717, 1.165) is 11.1 Å². The van der Waals surface area contributed by atoms with Crippen molar-refractivity contribution in [2.24, 2.45) is 0 Å². The molecular weight excluding hydrogens is 358 g/mol. The van der Waals surface area contributed by atoms with Crippen LogP contribution in [0.25, 0.3) is 12.2 Å². The highest BCUT2D eigenvalue weighted by Gasteiger charge is 2.02. The number of hydrogen-bond donors (Lipinski definition) is 1. The fourth-order valence-corrected chi connectivity index (χ4v) is 2.31. The third-order valence-electron chi connectivity index (χ3n) is 3.68. The van der Waals surface area contributed by atoms with Gasteiger partial charge in [-0.25, -0.2) is 4.79 Å². The molecule has 2 aromatic carbocycles.